The molecular formula is C12H29O3W-. The maximum absolute atomic E-state index is 6.59. The van der Waals surface area contributed by atoms with Crippen molar-refractivity contribution in [2.24, 2.45) is 5.41 Å². The van der Waals surface area contributed by atoms with E-state index in [4.69, 9.17) is 10.8 Å². The van der Waals surface area contributed by atoms with Crippen molar-refractivity contribution >= 4 is 0 Å². The molecule has 2 heterocycles. The smallest absolute Gasteiger partial charge is 0.0564 e. The van der Waals surface area contributed by atoms with Crippen LogP contribution in [-0.2, 0) is 35.3 Å². The van der Waals surface area contributed by atoms with Crippen LogP contribution in [0.3, 0.4) is 0 Å². The van der Waals surface area contributed by atoms with E-state index in [1.165, 1.54) is 0 Å². The minimum absolute atomic E-state index is 0. The minimum atomic E-state index is 0. The van der Waals surface area contributed by atoms with Crippen molar-refractivity contribution in [2.45, 2.75) is 42.2 Å². The van der Waals surface area contributed by atoms with E-state index in [2.05, 4.69) is 11.7 Å². The monoisotopic (exact) mass is 406 g/mol. The van der Waals surface area contributed by atoms with Crippen LogP contribution in [0.25, 0.3) is 0 Å². The normalized spacial score (nSPS) is 24.4. The van der Waals surface area contributed by atoms with Crippen LogP contribution in [0.1, 0.15) is 37.5 Å². The summed E-state index contributed by atoms with van der Waals surface area (Å²) in [4.78, 5) is 0. The van der Waals surface area contributed by atoms with E-state index in [1.54, 1.807) is 7.11 Å². The summed E-state index contributed by atoms with van der Waals surface area (Å²) in [6, 6.07) is 0. The Morgan fingerprint density at radius 3 is 1.88 bits per heavy atom. The molecule has 2 fully saturated rings. The molecule has 0 N–H and O–H groups in total. The van der Waals surface area contributed by atoms with Crippen LogP contribution in [0.5, 0.6) is 0 Å². The van der Waals surface area contributed by atoms with Crippen LogP contribution in [-0.4, -0.2) is 33.0 Å². The SMILES string of the molecule is C.C.C.COCC1(C)COC1.[2H][C-]1OC1C.[W]. The number of methoxy groups -OCH3 is 1. The summed E-state index contributed by atoms with van der Waals surface area (Å²) in [5.41, 5.74) is 0.328. The molecule has 0 bridgehead atoms. The van der Waals surface area contributed by atoms with Crippen LogP contribution < -0.4 is 0 Å². The van der Waals surface area contributed by atoms with Crippen molar-refractivity contribution in [3.05, 3.63) is 6.58 Å². The zero-order valence-electron chi connectivity index (χ0n) is 9.33. The third-order valence-corrected chi connectivity index (χ3v) is 1.75. The maximum Gasteiger partial charge on any atom is 0.0564 e. The predicted octanol–water partition coefficient (Wildman–Crippen LogP) is 3.14. The average molecular weight is 406 g/mol. The molecule has 4 heteroatoms. The Kier molecular flexibility index (Phi) is 16.4. The van der Waals surface area contributed by atoms with Crippen LogP contribution in [0, 0.1) is 12.0 Å². The second kappa shape index (κ2) is 12.0. The average Bonchev–Trinajstić information content (AvgIpc) is 2.64. The van der Waals surface area contributed by atoms with Crippen LogP contribution in [0.2, 0.25) is 0 Å². The summed E-state index contributed by atoms with van der Waals surface area (Å²) in [6.45, 7) is 6.99. The number of hydrogen-bond donors (Lipinski definition) is 0. The first-order valence-electron chi connectivity index (χ1n) is 4.64. The third-order valence-electron chi connectivity index (χ3n) is 1.75. The van der Waals surface area contributed by atoms with Gasteiger partial charge < -0.3 is 14.2 Å². The number of hydrogen-bond acceptors (Lipinski definition) is 3. The molecule has 0 aliphatic carbocycles. The number of epoxide rings is 1. The fourth-order valence-electron chi connectivity index (χ4n) is 0.950. The van der Waals surface area contributed by atoms with Crippen LogP contribution in [0.4, 0.5) is 0 Å². The van der Waals surface area contributed by atoms with E-state index in [0.29, 0.717) is 12.0 Å². The Bertz CT molecular complexity index is 160. The molecule has 0 aromatic rings. The molecule has 102 valence electrons. The van der Waals surface area contributed by atoms with Crippen molar-refractivity contribution in [3.8, 4) is 0 Å². The van der Waals surface area contributed by atoms with Crippen molar-refractivity contribution in [3.63, 3.8) is 0 Å². The van der Waals surface area contributed by atoms with Gasteiger partial charge in [0.15, 0.2) is 0 Å². The largest absolute Gasteiger partial charge is 0.570 e. The van der Waals surface area contributed by atoms with Gasteiger partial charge in [-0.15, -0.1) is 0 Å². The van der Waals surface area contributed by atoms with Crippen molar-refractivity contribution in [1.82, 2.24) is 0 Å². The van der Waals surface area contributed by atoms with Crippen LogP contribution in [0.15, 0.2) is 0 Å². The molecular weight excluding hydrogens is 376 g/mol. The summed E-state index contributed by atoms with van der Waals surface area (Å²) in [6.07, 6.45) is 0.134. The quantitative estimate of drug-likeness (QED) is 0.522. The summed E-state index contributed by atoms with van der Waals surface area (Å²) < 4.78 is 21.1. The van der Waals surface area contributed by atoms with Crippen molar-refractivity contribution < 1.29 is 36.6 Å². The molecule has 0 radical (unpaired) electrons. The standard InChI is InChI=1S/C6H12O2.C3H5O.3CH4.W/c1-6(3-7-2)4-8-5-6;1-3-2-4-3;;;;/h3-5H2,1-2H3;2-3H,1H3;3*1H4;/q;-1;;;;/i;2D;;;;. The van der Waals surface area contributed by atoms with Gasteiger partial charge in [0.1, 0.15) is 0 Å². The van der Waals surface area contributed by atoms with Gasteiger partial charge in [0, 0.05) is 33.6 Å². The molecule has 0 amide bonds. The summed E-state index contributed by atoms with van der Waals surface area (Å²) >= 11 is 0. The molecule has 0 saturated carbocycles. The molecule has 1 atom stereocenters. The first-order chi connectivity index (χ1) is 6.07. The molecule has 3 nitrogen and oxygen atoms in total. The van der Waals surface area contributed by atoms with Crippen molar-refractivity contribution in [2.75, 3.05) is 26.9 Å². The Morgan fingerprint density at radius 2 is 1.81 bits per heavy atom. The third kappa shape index (κ3) is 11.1. The molecule has 2 aliphatic heterocycles. The van der Waals surface area contributed by atoms with Gasteiger partial charge in [-0.3, -0.25) is 0 Å². The van der Waals surface area contributed by atoms with E-state index in [1.807, 2.05) is 6.92 Å². The molecule has 2 saturated heterocycles. The Balaban J connectivity index is -0.0000000849. The van der Waals surface area contributed by atoms with Crippen molar-refractivity contribution in [1.29, 1.82) is 0 Å². The van der Waals surface area contributed by atoms with Gasteiger partial charge in [0.25, 0.3) is 0 Å². The summed E-state index contributed by atoms with van der Waals surface area (Å²) in [5.74, 6) is 0. The number of rotatable bonds is 2. The van der Waals surface area contributed by atoms with Gasteiger partial charge in [0.05, 0.1) is 19.8 Å². The van der Waals surface area contributed by atoms with Gasteiger partial charge in [0.2, 0.25) is 0 Å². The zero-order chi connectivity index (χ0) is 9.90. The first kappa shape index (κ1) is 21.8. The molecule has 2 aliphatic rings. The van der Waals surface area contributed by atoms with E-state index < -0.39 is 0 Å². The molecule has 0 aromatic carbocycles. The fraction of sp³-hybridized carbons (Fsp3) is 0.917. The van der Waals surface area contributed by atoms with Gasteiger partial charge in [-0.2, -0.15) is 7.95 Å². The fourth-order valence-corrected chi connectivity index (χ4v) is 0.950. The molecule has 1 unspecified atom stereocenters. The molecule has 0 aromatic heterocycles. The molecule has 16 heavy (non-hydrogen) atoms. The summed E-state index contributed by atoms with van der Waals surface area (Å²) in [7, 11) is 1.73. The van der Waals surface area contributed by atoms with Gasteiger partial charge in [-0.25, -0.2) is 0 Å². The van der Waals surface area contributed by atoms with E-state index >= 15 is 0 Å². The van der Waals surface area contributed by atoms with E-state index in [0.717, 1.165) is 19.8 Å². The van der Waals surface area contributed by atoms with E-state index in [-0.39, 0.29) is 49.4 Å². The predicted molar refractivity (Wildman–Crippen MR) is 65.8 cm³/mol. The first-order valence-corrected chi connectivity index (χ1v) is 4.14. The van der Waals surface area contributed by atoms with Crippen LogP contribution >= 0.6 is 0 Å². The molecule has 2 rings (SSSR count). The second-order valence-electron chi connectivity index (χ2n) is 3.61. The Morgan fingerprint density at radius 1 is 1.44 bits per heavy atom. The topological polar surface area (TPSA) is 31.0 Å². The zero-order valence-corrected chi connectivity index (χ0v) is 11.3. The second-order valence-corrected chi connectivity index (χ2v) is 3.61. The van der Waals surface area contributed by atoms with E-state index in [9.17, 15) is 0 Å². The summed E-state index contributed by atoms with van der Waals surface area (Å²) in [5, 5.41) is 0. The minimum Gasteiger partial charge on any atom is -0.570 e. The van der Waals surface area contributed by atoms with Gasteiger partial charge >= 0.3 is 0 Å². The van der Waals surface area contributed by atoms with Gasteiger partial charge in [-0.1, -0.05) is 42.2 Å². The van der Waals surface area contributed by atoms with Gasteiger partial charge in [-0.05, 0) is 0 Å². The Hall–Kier alpha value is 0.568. The molecule has 0 spiro atoms. The number of ether oxygens (including phenoxy) is 3. The Labute approximate surface area is 118 Å². The maximum atomic E-state index is 6.59.